The Morgan fingerprint density at radius 1 is 0.962 bits per heavy atom. The van der Waals surface area contributed by atoms with Gasteiger partial charge in [-0.05, 0) is 31.7 Å². The maximum Gasteiger partial charge on any atom is 0.206 e. The van der Waals surface area contributed by atoms with E-state index in [0.717, 1.165) is 29.4 Å². The van der Waals surface area contributed by atoms with Crippen LogP contribution in [-0.4, -0.2) is 32.3 Å². The van der Waals surface area contributed by atoms with Crippen LogP contribution in [0.5, 0.6) is 17.2 Å². The van der Waals surface area contributed by atoms with Crippen molar-refractivity contribution in [2.75, 3.05) is 0 Å². The van der Waals surface area contributed by atoms with Gasteiger partial charge in [-0.1, -0.05) is 19.3 Å². The van der Waals surface area contributed by atoms with E-state index < -0.39 is 0 Å². The first-order chi connectivity index (χ1) is 12.6. The lowest BCUT2D eigenvalue weighted by Gasteiger charge is -2.16. The van der Waals surface area contributed by atoms with Crippen molar-refractivity contribution in [1.82, 2.24) is 4.68 Å². The zero-order valence-electron chi connectivity index (χ0n) is 14.5. The quantitative estimate of drug-likeness (QED) is 0.434. The molecule has 0 spiro atoms. The van der Waals surface area contributed by atoms with Crippen molar-refractivity contribution in [2.45, 2.75) is 56.9 Å². The van der Waals surface area contributed by atoms with E-state index in [9.17, 15) is 15.3 Å². The Bertz CT molecular complexity index is 890. The van der Waals surface area contributed by atoms with Crippen LogP contribution in [0.3, 0.4) is 0 Å². The van der Waals surface area contributed by atoms with Gasteiger partial charge in [0.05, 0.1) is 18.0 Å². The Hall–Kier alpha value is -2.28. The minimum absolute atomic E-state index is 0.126. The van der Waals surface area contributed by atoms with E-state index in [2.05, 4.69) is 10.5 Å². The Labute approximate surface area is 155 Å². The first kappa shape index (κ1) is 17.1. The molecule has 1 aromatic carbocycles. The number of hydrogen-bond acceptors (Lipinski definition) is 6. The highest BCUT2D eigenvalue weighted by molar-refractivity contribution is 7.07. The van der Waals surface area contributed by atoms with Crippen LogP contribution in [0.2, 0.25) is 0 Å². The number of aromatic hydroxyl groups is 3. The van der Waals surface area contributed by atoms with Gasteiger partial charge in [0.1, 0.15) is 5.75 Å². The molecule has 0 bridgehead atoms. The summed E-state index contributed by atoms with van der Waals surface area (Å²) in [7, 11) is 0. The number of benzene rings is 1. The monoisotopic (exact) mass is 373 g/mol. The molecule has 2 aliphatic rings. The van der Waals surface area contributed by atoms with Crippen molar-refractivity contribution in [1.29, 1.82) is 0 Å². The minimum atomic E-state index is -0.352. The minimum Gasteiger partial charge on any atom is -0.507 e. The summed E-state index contributed by atoms with van der Waals surface area (Å²) in [5.41, 5.74) is 1.51. The van der Waals surface area contributed by atoms with Crippen LogP contribution >= 0.6 is 11.3 Å². The number of thiazole rings is 1. The Morgan fingerprint density at radius 2 is 1.69 bits per heavy atom. The number of phenols is 3. The average molecular weight is 373 g/mol. The average Bonchev–Trinajstić information content (AvgIpc) is 3.40. The zero-order valence-corrected chi connectivity index (χ0v) is 15.3. The second kappa shape index (κ2) is 7.15. The summed E-state index contributed by atoms with van der Waals surface area (Å²) < 4.78 is 1.88. The highest BCUT2D eigenvalue weighted by atomic mass is 32.1. The first-order valence-electron chi connectivity index (χ1n) is 9.15. The van der Waals surface area contributed by atoms with Gasteiger partial charge < -0.3 is 15.3 Å². The maximum atomic E-state index is 9.97. The molecular weight excluding hydrogens is 350 g/mol. The molecule has 6 nitrogen and oxygen atoms in total. The SMILES string of the molecule is Oc1cc(O)c(C=Nn2c(C3CC3)csc2=NC2CCCCC2)cc1O. The van der Waals surface area contributed by atoms with Gasteiger partial charge >= 0.3 is 0 Å². The van der Waals surface area contributed by atoms with Crippen LogP contribution in [0.15, 0.2) is 27.6 Å². The molecule has 0 radical (unpaired) electrons. The van der Waals surface area contributed by atoms with E-state index in [0.29, 0.717) is 17.5 Å². The Balaban J connectivity index is 1.69. The van der Waals surface area contributed by atoms with Gasteiger partial charge in [-0.25, -0.2) is 4.68 Å². The Morgan fingerprint density at radius 3 is 2.42 bits per heavy atom. The molecule has 0 amide bonds. The topological polar surface area (TPSA) is 90.3 Å². The third kappa shape index (κ3) is 3.62. The third-order valence-electron chi connectivity index (χ3n) is 5.01. The van der Waals surface area contributed by atoms with E-state index in [1.54, 1.807) is 11.3 Å². The summed E-state index contributed by atoms with van der Waals surface area (Å²) in [5, 5.41) is 35.8. The van der Waals surface area contributed by atoms with Crippen LogP contribution in [0.4, 0.5) is 0 Å². The van der Waals surface area contributed by atoms with Gasteiger partial charge in [-0.2, -0.15) is 5.10 Å². The molecule has 2 fully saturated rings. The largest absolute Gasteiger partial charge is 0.507 e. The lowest BCUT2D eigenvalue weighted by molar-refractivity contribution is 0.396. The van der Waals surface area contributed by atoms with Gasteiger partial charge in [0.15, 0.2) is 11.5 Å². The third-order valence-corrected chi connectivity index (χ3v) is 5.86. The summed E-state index contributed by atoms with van der Waals surface area (Å²) in [6.45, 7) is 0. The fourth-order valence-corrected chi connectivity index (χ4v) is 4.33. The second-order valence-corrected chi connectivity index (χ2v) is 7.93. The van der Waals surface area contributed by atoms with Crippen LogP contribution in [0.1, 0.15) is 62.1 Å². The van der Waals surface area contributed by atoms with Crippen LogP contribution in [0, 0.1) is 0 Å². The molecule has 3 N–H and O–H groups in total. The molecule has 0 unspecified atom stereocenters. The van der Waals surface area contributed by atoms with Crippen LogP contribution < -0.4 is 4.80 Å². The molecule has 26 heavy (non-hydrogen) atoms. The maximum absolute atomic E-state index is 9.97. The molecule has 4 rings (SSSR count). The second-order valence-electron chi connectivity index (χ2n) is 7.09. The number of nitrogens with zero attached hydrogens (tertiary/aromatic N) is 3. The van der Waals surface area contributed by atoms with Crippen LogP contribution in [0.25, 0.3) is 0 Å². The van der Waals surface area contributed by atoms with E-state index in [1.165, 1.54) is 44.4 Å². The molecular formula is C19H23N3O3S. The highest BCUT2D eigenvalue weighted by Gasteiger charge is 2.28. The smallest absolute Gasteiger partial charge is 0.206 e. The molecule has 1 heterocycles. The molecule has 0 aliphatic heterocycles. The van der Waals surface area contributed by atoms with Crippen molar-refractivity contribution in [3.05, 3.63) is 33.6 Å². The number of aromatic nitrogens is 1. The van der Waals surface area contributed by atoms with Crippen molar-refractivity contribution < 1.29 is 15.3 Å². The summed E-state index contributed by atoms with van der Waals surface area (Å²) in [6, 6.07) is 2.78. The lowest BCUT2D eigenvalue weighted by Crippen LogP contribution is -2.19. The van der Waals surface area contributed by atoms with E-state index in [4.69, 9.17) is 4.99 Å². The van der Waals surface area contributed by atoms with Crippen molar-refractivity contribution >= 4 is 17.6 Å². The molecule has 0 atom stereocenters. The number of hydrogen-bond donors (Lipinski definition) is 3. The number of phenolic OH excluding ortho intramolecular Hbond substituents is 3. The summed E-state index contributed by atoms with van der Waals surface area (Å²) in [4.78, 5) is 5.82. The van der Waals surface area contributed by atoms with E-state index in [-0.39, 0.29) is 17.2 Å². The standard InChI is InChI=1S/C19H23N3O3S/c23-16-9-18(25)17(24)8-13(16)10-20-22-15(12-6-7-12)11-26-19(22)21-14-4-2-1-3-5-14/h8-12,14,23-25H,1-7H2. The summed E-state index contributed by atoms with van der Waals surface area (Å²) in [5.74, 6) is -0.234. The molecule has 138 valence electrons. The highest BCUT2D eigenvalue weighted by Crippen LogP contribution is 2.40. The van der Waals surface area contributed by atoms with Gasteiger partial charge in [-0.15, -0.1) is 11.3 Å². The van der Waals surface area contributed by atoms with Crippen molar-refractivity contribution in [2.24, 2.45) is 10.1 Å². The molecule has 1 aromatic heterocycles. The summed E-state index contributed by atoms with van der Waals surface area (Å²) >= 11 is 1.61. The Kier molecular flexibility index (Phi) is 4.72. The lowest BCUT2D eigenvalue weighted by atomic mass is 9.96. The summed E-state index contributed by atoms with van der Waals surface area (Å²) in [6.07, 6.45) is 9.87. The molecule has 2 aromatic rings. The predicted octanol–water partition coefficient (Wildman–Crippen LogP) is 3.66. The van der Waals surface area contributed by atoms with Crippen molar-refractivity contribution in [3.8, 4) is 17.2 Å². The first-order valence-corrected chi connectivity index (χ1v) is 10.0. The van der Waals surface area contributed by atoms with Gasteiger partial charge in [0.25, 0.3) is 0 Å². The molecule has 2 saturated carbocycles. The molecule has 7 heteroatoms. The van der Waals surface area contributed by atoms with E-state index >= 15 is 0 Å². The normalized spacial score (nSPS) is 19.5. The van der Waals surface area contributed by atoms with Crippen LogP contribution in [-0.2, 0) is 0 Å². The predicted molar refractivity (Wildman–Crippen MR) is 101 cm³/mol. The zero-order chi connectivity index (χ0) is 18.1. The van der Waals surface area contributed by atoms with Gasteiger partial charge in [-0.3, -0.25) is 4.99 Å². The fourth-order valence-electron chi connectivity index (χ4n) is 3.34. The molecule has 0 saturated heterocycles. The van der Waals surface area contributed by atoms with Gasteiger partial charge in [0, 0.05) is 22.9 Å². The van der Waals surface area contributed by atoms with E-state index in [1.807, 2.05) is 4.68 Å². The number of rotatable bonds is 4. The molecule has 2 aliphatic carbocycles. The van der Waals surface area contributed by atoms with Crippen molar-refractivity contribution in [3.63, 3.8) is 0 Å². The van der Waals surface area contributed by atoms with Gasteiger partial charge in [0.2, 0.25) is 4.80 Å². The fraction of sp³-hybridized carbons (Fsp3) is 0.474.